The van der Waals surface area contributed by atoms with Gasteiger partial charge in [0.25, 0.3) is 0 Å². The van der Waals surface area contributed by atoms with E-state index in [1.54, 1.807) is 0 Å². The molecule has 0 aliphatic rings. The molecule has 92 valence electrons. The number of hydrogen-bond donors (Lipinski definition) is 2. The standard InChI is InChI=1S/C15H14OS2/c16-13(9-11-5-1-3-7-14(11)17)10-12-6-2-4-8-15(12)18/h1-8,17-18H,9-10H2. The third-order valence-corrected chi connectivity index (χ3v) is 3.63. The summed E-state index contributed by atoms with van der Waals surface area (Å²) in [6.45, 7) is 0. The first kappa shape index (κ1) is 13.2. The second-order valence-electron chi connectivity index (χ2n) is 4.15. The lowest BCUT2D eigenvalue weighted by Gasteiger charge is -2.06. The molecular weight excluding hydrogens is 260 g/mol. The minimum atomic E-state index is 0.179. The molecule has 2 aromatic carbocycles. The lowest BCUT2D eigenvalue weighted by atomic mass is 10.0. The van der Waals surface area contributed by atoms with E-state index in [9.17, 15) is 4.79 Å². The maximum atomic E-state index is 12.0. The number of ketones is 1. The van der Waals surface area contributed by atoms with Crippen LogP contribution in [0, 0.1) is 0 Å². The molecule has 0 aliphatic heterocycles. The minimum Gasteiger partial charge on any atom is -0.299 e. The van der Waals surface area contributed by atoms with E-state index in [2.05, 4.69) is 25.3 Å². The summed E-state index contributed by atoms with van der Waals surface area (Å²) in [5, 5.41) is 0. The van der Waals surface area contributed by atoms with E-state index in [1.165, 1.54) is 0 Å². The molecule has 0 radical (unpaired) electrons. The molecule has 0 unspecified atom stereocenters. The van der Waals surface area contributed by atoms with Gasteiger partial charge >= 0.3 is 0 Å². The number of rotatable bonds is 4. The molecule has 0 heterocycles. The predicted molar refractivity (Wildman–Crippen MR) is 79.8 cm³/mol. The summed E-state index contributed by atoms with van der Waals surface area (Å²) >= 11 is 8.70. The molecule has 0 spiro atoms. The summed E-state index contributed by atoms with van der Waals surface area (Å²) in [5.74, 6) is 0.179. The zero-order chi connectivity index (χ0) is 13.0. The van der Waals surface area contributed by atoms with Crippen LogP contribution in [-0.2, 0) is 17.6 Å². The summed E-state index contributed by atoms with van der Waals surface area (Å²) < 4.78 is 0. The van der Waals surface area contributed by atoms with Gasteiger partial charge in [-0.1, -0.05) is 36.4 Å². The Hall–Kier alpha value is -1.19. The summed E-state index contributed by atoms with van der Waals surface area (Å²) in [4.78, 5) is 13.7. The second-order valence-corrected chi connectivity index (χ2v) is 5.11. The first-order valence-corrected chi connectivity index (χ1v) is 6.61. The smallest absolute Gasteiger partial charge is 0.141 e. The third kappa shape index (κ3) is 3.40. The number of carbonyl (C=O) groups is 1. The van der Waals surface area contributed by atoms with Crippen LogP contribution in [0.2, 0.25) is 0 Å². The molecule has 0 amide bonds. The Morgan fingerprint density at radius 2 is 1.17 bits per heavy atom. The van der Waals surface area contributed by atoms with E-state index in [0.717, 1.165) is 20.9 Å². The maximum Gasteiger partial charge on any atom is 0.141 e. The number of hydrogen-bond acceptors (Lipinski definition) is 3. The molecule has 0 aliphatic carbocycles. The number of benzene rings is 2. The summed E-state index contributed by atoms with van der Waals surface area (Å²) in [7, 11) is 0. The highest BCUT2D eigenvalue weighted by atomic mass is 32.1. The second kappa shape index (κ2) is 6.12. The van der Waals surface area contributed by atoms with Gasteiger partial charge in [0.2, 0.25) is 0 Å². The molecule has 0 fully saturated rings. The number of Topliss-reactive ketones (excluding diaryl/α,β-unsaturated/α-hetero) is 1. The third-order valence-electron chi connectivity index (χ3n) is 2.76. The fourth-order valence-corrected chi connectivity index (χ4v) is 2.29. The molecule has 0 bridgehead atoms. The minimum absolute atomic E-state index is 0.179. The van der Waals surface area contributed by atoms with Gasteiger partial charge in [-0.15, -0.1) is 25.3 Å². The van der Waals surface area contributed by atoms with E-state index in [4.69, 9.17) is 0 Å². The summed E-state index contributed by atoms with van der Waals surface area (Å²) in [5.41, 5.74) is 1.95. The highest BCUT2D eigenvalue weighted by Gasteiger charge is 2.08. The molecule has 2 rings (SSSR count). The molecule has 0 aromatic heterocycles. The first-order chi connectivity index (χ1) is 8.66. The molecular formula is C15H14OS2. The Kier molecular flexibility index (Phi) is 4.50. The van der Waals surface area contributed by atoms with E-state index in [1.807, 2.05) is 48.5 Å². The highest BCUT2D eigenvalue weighted by Crippen LogP contribution is 2.17. The van der Waals surface area contributed by atoms with Gasteiger partial charge in [0, 0.05) is 22.6 Å². The van der Waals surface area contributed by atoms with Gasteiger partial charge < -0.3 is 0 Å². The van der Waals surface area contributed by atoms with Crippen molar-refractivity contribution in [1.82, 2.24) is 0 Å². The van der Waals surface area contributed by atoms with Crippen LogP contribution in [0.3, 0.4) is 0 Å². The van der Waals surface area contributed by atoms with Crippen LogP contribution in [0.4, 0.5) is 0 Å². The molecule has 2 aromatic rings. The monoisotopic (exact) mass is 274 g/mol. The normalized spacial score (nSPS) is 10.3. The summed E-state index contributed by atoms with van der Waals surface area (Å²) in [6.07, 6.45) is 0.837. The molecule has 0 saturated heterocycles. The topological polar surface area (TPSA) is 17.1 Å². The van der Waals surface area contributed by atoms with Crippen LogP contribution < -0.4 is 0 Å². The largest absolute Gasteiger partial charge is 0.299 e. The van der Waals surface area contributed by atoms with Gasteiger partial charge in [0.1, 0.15) is 5.78 Å². The lowest BCUT2D eigenvalue weighted by molar-refractivity contribution is -0.117. The molecule has 1 nitrogen and oxygen atoms in total. The van der Waals surface area contributed by atoms with Gasteiger partial charge in [0.15, 0.2) is 0 Å². The van der Waals surface area contributed by atoms with Gasteiger partial charge in [-0.3, -0.25) is 4.79 Å². The average Bonchev–Trinajstić information content (AvgIpc) is 2.35. The fraction of sp³-hybridized carbons (Fsp3) is 0.133. The van der Waals surface area contributed by atoms with Crippen molar-refractivity contribution < 1.29 is 4.79 Å². The van der Waals surface area contributed by atoms with Crippen LogP contribution >= 0.6 is 25.3 Å². The SMILES string of the molecule is O=C(Cc1ccccc1S)Cc1ccccc1S. The maximum absolute atomic E-state index is 12.0. The van der Waals surface area contributed by atoms with E-state index < -0.39 is 0 Å². The van der Waals surface area contributed by atoms with Gasteiger partial charge in [0.05, 0.1) is 0 Å². The van der Waals surface area contributed by atoms with E-state index in [0.29, 0.717) is 12.8 Å². The quantitative estimate of drug-likeness (QED) is 0.814. The van der Waals surface area contributed by atoms with Gasteiger partial charge in [-0.25, -0.2) is 0 Å². The Balaban J connectivity index is 2.06. The zero-order valence-electron chi connectivity index (χ0n) is 9.84. The van der Waals surface area contributed by atoms with Crippen molar-refractivity contribution in [2.24, 2.45) is 0 Å². The van der Waals surface area contributed by atoms with Crippen molar-refractivity contribution >= 4 is 31.0 Å². The number of carbonyl (C=O) groups excluding carboxylic acids is 1. The van der Waals surface area contributed by atoms with Crippen LogP contribution in [0.5, 0.6) is 0 Å². The van der Waals surface area contributed by atoms with Crippen molar-refractivity contribution in [2.75, 3.05) is 0 Å². The molecule has 0 N–H and O–H groups in total. The van der Waals surface area contributed by atoms with Crippen molar-refractivity contribution in [3.8, 4) is 0 Å². The van der Waals surface area contributed by atoms with Crippen molar-refractivity contribution in [3.05, 3.63) is 59.7 Å². The van der Waals surface area contributed by atoms with Gasteiger partial charge in [-0.2, -0.15) is 0 Å². The Morgan fingerprint density at radius 1 is 0.778 bits per heavy atom. The predicted octanol–water partition coefficient (Wildman–Crippen LogP) is 3.62. The summed E-state index contributed by atoms with van der Waals surface area (Å²) in [6, 6.07) is 15.4. The number of thiol groups is 2. The van der Waals surface area contributed by atoms with Gasteiger partial charge in [-0.05, 0) is 23.3 Å². The van der Waals surface area contributed by atoms with Crippen LogP contribution in [0.25, 0.3) is 0 Å². The Labute approximate surface area is 118 Å². The van der Waals surface area contributed by atoms with Crippen molar-refractivity contribution in [3.63, 3.8) is 0 Å². The van der Waals surface area contributed by atoms with Crippen LogP contribution in [-0.4, -0.2) is 5.78 Å². The Morgan fingerprint density at radius 3 is 1.56 bits per heavy atom. The zero-order valence-corrected chi connectivity index (χ0v) is 11.6. The first-order valence-electron chi connectivity index (χ1n) is 5.72. The van der Waals surface area contributed by atoms with Crippen molar-refractivity contribution in [2.45, 2.75) is 22.6 Å². The molecule has 0 atom stereocenters. The van der Waals surface area contributed by atoms with E-state index >= 15 is 0 Å². The molecule has 3 heteroatoms. The Bertz CT molecular complexity index is 514. The van der Waals surface area contributed by atoms with Crippen LogP contribution in [0.15, 0.2) is 58.3 Å². The van der Waals surface area contributed by atoms with Crippen LogP contribution in [0.1, 0.15) is 11.1 Å². The van der Waals surface area contributed by atoms with E-state index in [-0.39, 0.29) is 5.78 Å². The molecule has 18 heavy (non-hydrogen) atoms. The average molecular weight is 274 g/mol. The highest BCUT2D eigenvalue weighted by molar-refractivity contribution is 7.80. The molecule has 0 saturated carbocycles. The lowest BCUT2D eigenvalue weighted by Crippen LogP contribution is -2.07. The van der Waals surface area contributed by atoms with Crippen molar-refractivity contribution in [1.29, 1.82) is 0 Å². The fourth-order valence-electron chi connectivity index (χ4n) is 1.81.